The Morgan fingerprint density at radius 3 is 2.47 bits per heavy atom. The fourth-order valence-electron chi connectivity index (χ4n) is 2.47. The summed E-state index contributed by atoms with van der Waals surface area (Å²) < 4.78 is 3.17. The molecule has 0 spiro atoms. The topological polar surface area (TPSA) is 47.2 Å². The van der Waals surface area contributed by atoms with Crippen molar-refractivity contribution in [1.29, 1.82) is 0 Å². The van der Waals surface area contributed by atoms with Crippen LogP contribution >= 0.6 is 23.2 Å². The molecule has 2 aromatic rings. The second kappa shape index (κ2) is 4.62. The molecule has 3 rings (SSSR count). The number of fused-ring (bicyclic) bond motifs is 1. The van der Waals surface area contributed by atoms with Crippen molar-refractivity contribution in [3.8, 4) is 17.0 Å². The number of hydrogen-bond donors (Lipinski definition) is 1. The van der Waals surface area contributed by atoms with Crippen molar-refractivity contribution in [3.63, 3.8) is 0 Å². The molecule has 1 aliphatic heterocycles. The van der Waals surface area contributed by atoms with Gasteiger partial charge in [-0.1, -0.05) is 23.2 Å². The Morgan fingerprint density at radius 2 is 1.79 bits per heavy atom. The number of nitrogens with zero attached hydrogens (tertiary/aromatic N) is 2. The van der Waals surface area contributed by atoms with E-state index in [9.17, 15) is 9.90 Å². The van der Waals surface area contributed by atoms with E-state index in [-0.39, 0.29) is 17.0 Å². The van der Waals surface area contributed by atoms with Crippen molar-refractivity contribution >= 4 is 23.2 Å². The van der Waals surface area contributed by atoms with Crippen molar-refractivity contribution in [2.75, 3.05) is 0 Å². The Morgan fingerprint density at radius 1 is 1.11 bits per heavy atom. The van der Waals surface area contributed by atoms with Crippen LogP contribution in [-0.2, 0) is 13.1 Å². The Kier molecular flexibility index (Phi) is 3.07. The van der Waals surface area contributed by atoms with Crippen LogP contribution in [-0.4, -0.2) is 14.5 Å². The van der Waals surface area contributed by atoms with Crippen LogP contribution in [0.3, 0.4) is 0 Å². The molecule has 1 aromatic carbocycles. The third-order valence-electron chi connectivity index (χ3n) is 3.40. The lowest BCUT2D eigenvalue weighted by molar-refractivity contribution is 0.305. The highest BCUT2D eigenvalue weighted by Crippen LogP contribution is 2.34. The first-order valence-electron chi connectivity index (χ1n) is 6.07. The molecule has 2 heterocycles. The number of rotatable bonds is 1. The van der Waals surface area contributed by atoms with Crippen LogP contribution < -0.4 is 5.56 Å². The SMILES string of the molecule is O=c1c(-c2cc(Cl)ccc2Cl)c(O)n2n1CCCC2. The van der Waals surface area contributed by atoms with E-state index in [1.54, 1.807) is 27.6 Å². The molecule has 0 atom stereocenters. The predicted molar refractivity (Wildman–Crippen MR) is 75.0 cm³/mol. The smallest absolute Gasteiger partial charge is 0.278 e. The molecule has 1 aliphatic rings. The first kappa shape index (κ1) is 12.6. The van der Waals surface area contributed by atoms with Crippen molar-refractivity contribution in [3.05, 3.63) is 38.6 Å². The molecule has 0 fully saturated rings. The van der Waals surface area contributed by atoms with Gasteiger partial charge in [-0.2, -0.15) is 0 Å². The van der Waals surface area contributed by atoms with Gasteiger partial charge in [-0.05, 0) is 31.0 Å². The molecule has 0 radical (unpaired) electrons. The van der Waals surface area contributed by atoms with E-state index in [4.69, 9.17) is 23.2 Å². The summed E-state index contributed by atoms with van der Waals surface area (Å²) in [5.74, 6) is -0.0335. The number of benzene rings is 1. The molecule has 0 aliphatic carbocycles. The fraction of sp³-hybridized carbons (Fsp3) is 0.308. The fourth-order valence-corrected chi connectivity index (χ4v) is 2.86. The number of halogens is 2. The molecule has 0 amide bonds. The maximum Gasteiger partial charge on any atom is 0.278 e. The van der Waals surface area contributed by atoms with Gasteiger partial charge in [0.05, 0.1) is 0 Å². The Bertz CT molecular complexity index is 703. The molecule has 1 aromatic heterocycles. The summed E-state index contributed by atoms with van der Waals surface area (Å²) in [6.45, 7) is 1.25. The van der Waals surface area contributed by atoms with Crippen molar-refractivity contribution in [1.82, 2.24) is 9.36 Å². The maximum absolute atomic E-state index is 12.4. The molecule has 0 saturated carbocycles. The van der Waals surface area contributed by atoms with Crippen LogP contribution in [0, 0.1) is 0 Å². The predicted octanol–water partition coefficient (Wildman–Crippen LogP) is 3.12. The van der Waals surface area contributed by atoms with Crippen molar-refractivity contribution in [2.45, 2.75) is 25.9 Å². The van der Waals surface area contributed by atoms with Gasteiger partial charge in [-0.25, -0.2) is 4.68 Å². The molecule has 0 saturated heterocycles. The van der Waals surface area contributed by atoms with Crippen molar-refractivity contribution in [2.24, 2.45) is 0 Å². The summed E-state index contributed by atoms with van der Waals surface area (Å²) in [6.07, 6.45) is 1.89. The van der Waals surface area contributed by atoms with E-state index in [0.717, 1.165) is 12.8 Å². The number of aromatic nitrogens is 2. The molecular formula is C13H12Cl2N2O2. The number of hydrogen-bond acceptors (Lipinski definition) is 2. The summed E-state index contributed by atoms with van der Waals surface area (Å²) in [5, 5.41) is 11.1. The molecule has 100 valence electrons. The quantitative estimate of drug-likeness (QED) is 0.879. The summed E-state index contributed by atoms with van der Waals surface area (Å²) in [7, 11) is 0. The first-order valence-corrected chi connectivity index (χ1v) is 6.83. The standard InChI is InChI=1S/C13H12Cl2N2O2/c14-8-3-4-10(15)9(7-8)11-12(18)16-5-1-2-6-17(16)13(11)19/h3-4,7,18H,1-2,5-6H2. The minimum absolute atomic E-state index is 0.0335. The highest BCUT2D eigenvalue weighted by Gasteiger charge is 2.24. The van der Waals surface area contributed by atoms with Gasteiger partial charge in [-0.15, -0.1) is 0 Å². The van der Waals surface area contributed by atoms with E-state index < -0.39 is 0 Å². The van der Waals surface area contributed by atoms with Gasteiger partial charge < -0.3 is 5.11 Å². The van der Waals surface area contributed by atoms with Gasteiger partial charge in [0.15, 0.2) is 0 Å². The average molecular weight is 299 g/mol. The monoisotopic (exact) mass is 298 g/mol. The van der Waals surface area contributed by atoms with Gasteiger partial charge in [0.2, 0.25) is 5.88 Å². The Balaban J connectivity index is 2.29. The third-order valence-corrected chi connectivity index (χ3v) is 3.96. The molecule has 19 heavy (non-hydrogen) atoms. The normalized spacial score (nSPS) is 14.4. The summed E-state index contributed by atoms with van der Waals surface area (Å²) in [4.78, 5) is 12.4. The van der Waals surface area contributed by atoms with Crippen LogP contribution in [0.1, 0.15) is 12.8 Å². The highest BCUT2D eigenvalue weighted by molar-refractivity contribution is 6.35. The largest absolute Gasteiger partial charge is 0.493 e. The van der Waals surface area contributed by atoms with Crippen LogP contribution in [0.5, 0.6) is 5.88 Å². The summed E-state index contributed by atoms with van der Waals surface area (Å²) >= 11 is 12.1. The van der Waals surface area contributed by atoms with Gasteiger partial charge >= 0.3 is 0 Å². The third kappa shape index (κ3) is 1.95. The van der Waals surface area contributed by atoms with E-state index in [0.29, 0.717) is 28.7 Å². The lowest BCUT2D eigenvalue weighted by atomic mass is 10.1. The molecule has 0 unspecified atom stereocenters. The second-order valence-corrected chi connectivity index (χ2v) is 5.42. The minimum Gasteiger partial charge on any atom is -0.493 e. The van der Waals surface area contributed by atoms with Gasteiger partial charge in [0.25, 0.3) is 5.56 Å². The molecule has 4 nitrogen and oxygen atoms in total. The lowest BCUT2D eigenvalue weighted by Gasteiger charge is -2.16. The first-order chi connectivity index (χ1) is 9.09. The highest BCUT2D eigenvalue weighted by atomic mass is 35.5. The van der Waals surface area contributed by atoms with Crippen LogP contribution in [0.4, 0.5) is 0 Å². The number of aromatic hydroxyl groups is 1. The summed E-state index contributed by atoms with van der Waals surface area (Å²) in [6, 6.07) is 4.88. The Hall–Kier alpha value is -1.39. The zero-order valence-electron chi connectivity index (χ0n) is 10.1. The van der Waals surface area contributed by atoms with Crippen LogP contribution in [0.2, 0.25) is 10.0 Å². The van der Waals surface area contributed by atoms with Gasteiger partial charge in [0, 0.05) is 28.7 Å². The summed E-state index contributed by atoms with van der Waals surface area (Å²) in [5.41, 5.74) is 0.488. The van der Waals surface area contributed by atoms with Gasteiger partial charge in [0.1, 0.15) is 5.56 Å². The minimum atomic E-state index is -0.221. The zero-order valence-corrected chi connectivity index (χ0v) is 11.6. The molecule has 0 bridgehead atoms. The second-order valence-electron chi connectivity index (χ2n) is 4.58. The van der Waals surface area contributed by atoms with E-state index >= 15 is 0 Å². The van der Waals surface area contributed by atoms with E-state index in [1.807, 2.05) is 0 Å². The zero-order chi connectivity index (χ0) is 13.6. The Labute approximate surface area is 119 Å². The average Bonchev–Trinajstić information content (AvgIpc) is 2.66. The van der Waals surface area contributed by atoms with Crippen molar-refractivity contribution < 1.29 is 5.11 Å². The molecular weight excluding hydrogens is 287 g/mol. The van der Waals surface area contributed by atoms with Gasteiger partial charge in [-0.3, -0.25) is 9.48 Å². The molecule has 1 N–H and O–H groups in total. The lowest BCUT2D eigenvalue weighted by Crippen LogP contribution is -2.27. The van der Waals surface area contributed by atoms with E-state index in [2.05, 4.69) is 0 Å². The van der Waals surface area contributed by atoms with E-state index in [1.165, 1.54) is 0 Å². The van der Waals surface area contributed by atoms with Crippen LogP contribution in [0.15, 0.2) is 23.0 Å². The molecule has 6 heteroatoms. The van der Waals surface area contributed by atoms with Crippen LogP contribution in [0.25, 0.3) is 11.1 Å². The maximum atomic E-state index is 12.4.